The number of aliphatic carboxylic acids is 1. The number of carboxylic acids is 1. The highest BCUT2D eigenvalue weighted by Crippen LogP contribution is 2.17. The number of carbonyl (C=O) groups is 2. The van der Waals surface area contributed by atoms with Crippen LogP contribution in [0.15, 0.2) is 24.3 Å². The molecule has 1 aromatic carbocycles. The number of benzene rings is 1. The van der Waals surface area contributed by atoms with Crippen molar-refractivity contribution < 1.29 is 23.8 Å². The van der Waals surface area contributed by atoms with E-state index in [1.165, 1.54) is 18.2 Å². The fraction of sp³-hybridized carbons (Fsp3) is 0.333. The monoisotopic (exact) mass is 295 g/mol. The van der Waals surface area contributed by atoms with Crippen LogP contribution < -0.4 is 5.32 Å². The number of halogens is 1. The number of methoxy groups -OCH3 is 1. The Balaban J connectivity index is 2.69. The SMILES string of the molecule is COC(C)CCC(=O)Nc1ccc(F)c(/C=C/C(=O)O)c1. The van der Waals surface area contributed by atoms with Crippen LogP contribution in [0.1, 0.15) is 25.3 Å². The maximum atomic E-state index is 13.5. The fourth-order valence-corrected chi connectivity index (χ4v) is 1.59. The van der Waals surface area contributed by atoms with Crippen LogP contribution in [0.2, 0.25) is 0 Å². The highest BCUT2D eigenvalue weighted by atomic mass is 19.1. The number of anilines is 1. The van der Waals surface area contributed by atoms with E-state index >= 15 is 0 Å². The minimum atomic E-state index is -1.17. The zero-order valence-electron chi connectivity index (χ0n) is 11.9. The van der Waals surface area contributed by atoms with Crippen molar-refractivity contribution in [3.05, 3.63) is 35.7 Å². The van der Waals surface area contributed by atoms with Gasteiger partial charge in [-0.25, -0.2) is 9.18 Å². The molecule has 0 aromatic heterocycles. The number of hydrogen-bond acceptors (Lipinski definition) is 3. The van der Waals surface area contributed by atoms with Crippen LogP contribution in [0.25, 0.3) is 6.08 Å². The van der Waals surface area contributed by atoms with Crippen LogP contribution in [-0.4, -0.2) is 30.2 Å². The highest BCUT2D eigenvalue weighted by molar-refractivity contribution is 5.91. The van der Waals surface area contributed by atoms with Crippen molar-refractivity contribution in [1.82, 2.24) is 0 Å². The zero-order valence-corrected chi connectivity index (χ0v) is 11.9. The molecule has 5 nitrogen and oxygen atoms in total. The van der Waals surface area contributed by atoms with Crippen molar-refractivity contribution in [2.45, 2.75) is 25.9 Å². The van der Waals surface area contributed by atoms with Gasteiger partial charge in [0.2, 0.25) is 5.91 Å². The summed E-state index contributed by atoms with van der Waals surface area (Å²) in [4.78, 5) is 22.2. The van der Waals surface area contributed by atoms with Crippen LogP contribution in [-0.2, 0) is 14.3 Å². The normalized spacial score (nSPS) is 12.3. The molecule has 0 spiro atoms. The van der Waals surface area contributed by atoms with Gasteiger partial charge in [-0.05, 0) is 37.6 Å². The molecule has 6 heteroatoms. The number of carboxylic acid groups (broad SMARTS) is 1. The van der Waals surface area contributed by atoms with Gasteiger partial charge in [-0.15, -0.1) is 0 Å². The first-order chi connectivity index (χ1) is 9.92. The number of carbonyl (C=O) groups excluding carboxylic acids is 1. The van der Waals surface area contributed by atoms with Gasteiger partial charge >= 0.3 is 5.97 Å². The van der Waals surface area contributed by atoms with Crippen molar-refractivity contribution in [3.8, 4) is 0 Å². The fourth-order valence-electron chi connectivity index (χ4n) is 1.59. The van der Waals surface area contributed by atoms with E-state index in [-0.39, 0.29) is 24.0 Å². The summed E-state index contributed by atoms with van der Waals surface area (Å²) in [6.45, 7) is 1.86. The van der Waals surface area contributed by atoms with Crippen molar-refractivity contribution in [2.24, 2.45) is 0 Å². The van der Waals surface area contributed by atoms with Crippen LogP contribution in [0.3, 0.4) is 0 Å². The molecule has 0 aliphatic heterocycles. The van der Waals surface area contributed by atoms with E-state index in [4.69, 9.17) is 9.84 Å². The average molecular weight is 295 g/mol. The van der Waals surface area contributed by atoms with Gasteiger partial charge in [0.05, 0.1) is 6.10 Å². The lowest BCUT2D eigenvalue weighted by molar-refractivity contribution is -0.131. The third-order valence-corrected chi connectivity index (χ3v) is 2.87. The summed E-state index contributed by atoms with van der Waals surface area (Å²) in [7, 11) is 1.57. The number of ether oxygens (including phenoxy) is 1. The lowest BCUT2D eigenvalue weighted by Gasteiger charge is -2.10. The van der Waals surface area contributed by atoms with Gasteiger partial charge in [0.15, 0.2) is 0 Å². The van der Waals surface area contributed by atoms with E-state index in [0.29, 0.717) is 12.1 Å². The lowest BCUT2D eigenvalue weighted by Crippen LogP contribution is -2.15. The molecule has 0 aliphatic carbocycles. The smallest absolute Gasteiger partial charge is 0.328 e. The second kappa shape index (κ2) is 8.16. The molecule has 0 heterocycles. The first-order valence-corrected chi connectivity index (χ1v) is 6.45. The minimum Gasteiger partial charge on any atom is -0.478 e. The molecule has 2 N–H and O–H groups in total. The number of nitrogens with one attached hydrogen (secondary N) is 1. The van der Waals surface area contributed by atoms with Gasteiger partial charge in [0.1, 0.15) is 5.82 Å². The Bertz CT molecular complexity index is 542. The molecule has 1 rings (SSSR count). The molecular formula is C15H18FNO4. The number of hydrogen-bond donors (Lipinski definition) is 2. The lowest BCUT2D eigenvalue weighted by atomic mass is 10.1. The molecule has 114 valence electrons. The molecule has 1 amide bonds. The summed E-state index contributed by atoms with van der Waals surface area (Å²) in [5.74, 6) is -1.94. The Morgan fingerprint density at radius 1 is 1.48 bits per heavy atom. The number of amides is 1. The maximum absolute atomic E-state index is 13.5. The Morgan fingerprint density at radius 3 is 2.81 bits per heavy atom. The molecule has 0 aliphatic rings. The summed E-state index contributed by atoms with van der Waals surface area (Å²) in [6, 6.07) is 3.98. The Hall–Kier alpha value is -2.21. The molecule has 1 unspecified atom stereocenters. The second-order valence-electron chi connectivity index (χ2n) is 4.54. The summed E-state index contributed by atoms with van der Waals surface area (Å²) < 4.78 is 18.5. The average Bonchev–Trinajstić information content (AvgIpc) is 2.45. The van der Waals surface area contributed by atoms with E-state index < -0.39 is 11.8 Å². The van der Waals surface area contributed by atoms with Crippen molar-refractivity contribution >= 4 is 23.6 Å². The van der Waals surface area contributed by atoms with Gasteiger partial charge < -0.3 is 15.2 Å². The predicted molar refractivity (Wildman–Crippen MR) is 77.4 cm³/mol. The number of rotatable bonds is 7. The van der Waals surface area contributed by atoms with Crippen LogP contribution in [0.4, 0.5) is 10.1 Å². The van der Waals surface area contributed by atoms with E-state index in [9.17, 15) is 14.0 Å². The largest absolute Gasteiger partial charge is 0.478 e. The van der Waals surface area contributed by atoms with E-state index in [0.717, 1.165) is 12.2 Å². The summed E-state index contributed by atoms with van der Waals surface area (Å²) in [5.41, 5.74) is 0.511. The third kappa shape index (κ3) is 6.18. The third-order valence-electron chi connectivity index (χ3n) is 2.87. The van der Waals surface area contributed by atoms with E-state index in [1.807, 2.05) is 6.92 Å². The maximum Gasteiger partial charge on any atom is 0.328 e. The minimum absolute atomic E-state index is 0.0157. The summed E-state index contributed by atoms with van der Waals surface area (Å²) in [6.07, 6.45) is 2.82. The molecule has 0 radical (unpaired) electrons. The van der Waals surface area contributed by atoms with Gasteiger partial charge in [0.25, 0.3) is 0 Å². The molecule has 1 aromatic rings. The van der Waals surface area contributed by atoms with Crippen LogP contribution in [0, 0.1) is 5.82 Å². The molecule has 0 saturated carbocycles. The molecule has 0 saturated heterocycles. The van der Waals surface area contributed by atoms with Crippen molar-refractivity contribution in [3.63, 3.8) is 0 Å². The molecule has 1 atom stereocenters. The summed E-state index contributed by atoms with van der Waals surface area (Å²) >= 11 is 0. The first-order valence-electron chi connectivity index (χ1n) is 6.45. The molecule has 0 fully saturated rings. The van der Waals surface area contributed by atoms with E-state index in [2.05, 4.69) is 5.32 Å². The first kappa shape index (κ1) is 16.8. The standard InChI is InChI=1S/C15H18FNO4/c1-10(21-2)3-7-14(18)17-12-5-6-13(16)11(9-12)4-8-15(19)20/h4-6,8-10H,3,7H2,1-2H3,(H,17,18)(H,19,20)/b8-4+. The Kier molecular flexibility index (Phi) is 6.55. The molecule has 21 heavy (non-hydrogen) atoms. The molecular weight excluding hydrogens is 277 g/mol. The zero-order chi connectivity index (χ0) is 15.8. The van der Waals surface area contributed by atoms with Crippen molar-refractivity contribution in [2.75, 3.05) is 12.4 Å². The predicted octanol–water partition coefficient (Wildman–Crippen LogP) is 2.68. The van der Waals surface area contributed by atoms with Crippen LogP contribution >= 0.6 is 0 Å². The Morgan fingerprint density at radius 2 is 2.19 bits per heavy atom. The van der Waals surface area contributed by atoms with Gasteiger partial charge in [-0.1, -0.05) is 0 Å². The highest BCUT2D eigenvalue weighted by Gasteiger charge is 2.08. The second-order valence-corrected chi connectivity index (χ2v) is 4.54. The quantitative estimate of drug-likeness (QED) is 0.758. The Labute approximate surface area is 122 Å². The van der Waals surface area contributed by atoms with Gasteiger partial charge in [-0.3, -0.25) is 4.79 Å². The van der Waals surface area contributed by atoms with E-state index in [1.54, 1.807) is 7.11 Å². The van der Waals surface area contributed by atoms with Crippen LogP contribution in [0.5, 0.6) is 0 Å². The summed E-state index contributed by atoms with van der Waals surface area (Å²) in [5, 5.41) is 11.2. The molecule has 0 bridgehead atoms. The topological polar surface area (TPSA) is 75.6 Å². The van der Waals surface area contributed by atoms with Crippen molar-refractivity contribution in [1.29, 1.82) is 0 Å². The van der Waals surface area contributed by atoms with Gasteiger partial charge in [0, 0.05) is 30.9 Å². The van der Waals surface area contributed by atoms with Gasteiger partial charge in [-0.2, -0.15) is 0 Å².